The van der Waals surface area contributed by atoms with Crippen LogP contribution < -0.4 is 10.5 Å². The molecule has 0 bridgehead atoms. The summed E-state index contributed by atoms with van der Waals surface area (Å²) in [6.07, 6.45) is 3.74. The maximum absolute atomic E-state index is 12.3. The number of carbonyl (C=O) groups is 1. The third-order valence-corrected chi connectivity index (χ3v) is 3.89. The molecule has 0 aromatic heterocycles. The Morgan fingerprint density at radius 1 is 1.44 bits per heavy atom. The predicted octanol–water partition coefficient (Wildman–Crippen LogP) is 2.18. The van der Waals surface area contributed by atoms with Crippen molar-refractivity contribution in [3.05, 3.63) is 29.8 Å². The zero-order chi connectivity index (χ0) is 13.0. The lowest BCUT2D eigenvalue weighted by molar-refractivity contribution is -0.123. The molecule has 2 N–H and O–H groups in total. The summed E-state index contributed by atoms with van der Waals surface area (Å²) in [5.74, 6) is 1.70. The standard InChI is InChI=1S/C15H21NO2/c1-18-13-6-2-4-11(8-13)9-15(17)14-7-3-5-12(14)10-16/h2,4,6,8,12,14H,3,5,7,9-10,16H2,1H3. The highest BCUT2D eigenvalue weighted by Crippen LogP contribution is 2.32. The molecule has 18 heavy (non-hydrogen) atoms. The van der Waals surface area contributed by atoms with Gasteiger partial charge in [-0.1, -0.05) is 18.6 Å². The Balaban J connectivity index is 2.02. The lowest BCUT2D eigenvalue weighted by atomic mass is 9.89. The van der Waals surface area contributed by atoms with Gasteiger partial charge in [-0.05, 0) is 43.0 Å². The first kappa shape index (κ1) is 13.1. The van der Waals surface area contributed by atoms with Crippen LogP contribution in [0.15, 0.2) is 24.3 Å². The number of ether oxygens (including phenoxy) is 1. The van der Waals surface area contributed by atoms with E-state index in [1.54, 1.807) is 7.11 Å². The highest BCUT2D eigenvalue weighted by Gasteiger charge is 2.31. The minimum atomic E-state index is 0.168. The van der Waals surface area contributed by atoms with Crippen molar-refractivity contribution in [1.82, 2.24) is 0 Å². The maximum Gasteiger partial charge on any atom is 0.140 e. The first-order chi connectivity index (χ1) is 8.74. The van der Waals surface area contributed by atoms with E-state index in [1.807, 2.05) is 24.3 Å². The van der Waals surface area contributed by atoms with E-state index in [0.29, 0.717) is 24.7 Å². The summed E-state index contributed by atoms with van der Waals surface area (Å²) in [6, 6.07) is 7.74. The Bertz CT molecular complexity index is 417. The number of Topliss-reactive ketones (excluding diaryl/α,β-unsaturated/α-hetero) is 1. The number of nitrogens with two attached hydrogens (primary N) is 1. The fraction of sp³-hybridized carbons (Fsp3) is 0.533. The molecular weight excluding hydrogens is 226 g/mol. The molecule has 1 aromatic rings. The number of benzene rings is 1. The van der Waals surface area contributed by atoms with Gasteiger partial charge in [-0.15, -0.1) is 0 Å². The largest absolute Gasteiger partial charge is 0.497 e. The van der Waals surface area contributed by atoms with Gasteiger partial charge >= 0.3 is 0 Å². The first-order valence-electron chi connectivity index (χ1n) is 6.60. The zero-order valence-corrected chi connectivity index (χ0v) is 10.9. The van der Waals surface area contributed by atoms with Crippen LogP contribution in [0.25, 0.3) is 0 Å². The highest BCUT2D eigenvalue weighted by molar-refractivity contribution is 5.83. The molecule has 1 aliphatic carbocycles. The molecule has 0 amide bonds. The minimum Gasteiger partial charge on any atom is -0.497 e. The van der Waals surface area contributed by atoms with Crippen LogP contribution in [-0.4, -0.2) is 19.4 Å². The molecule has 1 aliphatic rings. The van der Waals surface area contributed by atoms with Crippen LogP contribution in [-0.2, 0) is 11.2 Å². The van der Waals surface area contributed by atoms with Gasteiger partial charge in [-0.25, -0.2) is 0 Å². The second-order valence-electron chi connectivity index (χ2n) is 5.03. The van der Waals surface area contributed by atoms with E-state index in [-0.39, 0.29) is 5.92 Å². The van der Waals surface area contributed by atoms with Crippen molar-refractivity contribution in [3.8, 4) is 5.75 Å². The molecule has 2 unspecified atom stereocenters. The summed E-state index contributed by atoms with van der Waals surface area (Å²) < 4.78 is 5.17. The van der Waals surface area contributed by atoms with E-state index in [9.17, 15) is 4.79 Å². The summed E-state index contributed by atoms with van der Waals surface area (Å²) in [5, 5.41) is 0. The van der Waals surface area contributed by atoms with Gasteiger partial charge in [-0.3, -0.25) is 4.79 Å². The Labute approximate surface area is 108 Å². The van der Waals surface area contributed by atoms with Gasteiger partial charge < -0.3 is 10.5 Å². The Morgan fingerprint density at radius 2 is 2.28 bits per heavy atom. The van der Waals surface area contributed by atoms with Crippen LogP contribution >= 0.6 is 0 Å². The topological polar surface area (TPSA) is 52.3 Å². The number of ketones is 1. The molecule has 0 heterocycles. The second-order valence-corrected chi connectivity index (χ2v) is 5.03. The first-order valence-corrected chi connectivity index (χ1v) is 6.60. The molecule has 2 atom stereocenters. The molecule has 0 aliphatic heterocycles. The van der Waals surface area contributed by atoms with Crippen LogP contribution in [0.2, 0.25) is 0 Å². The van der Waals surface area contributed by atoms with Crippen molar-refractivity contribution in [3.63, 3.8) is 0 Å². The SMILES string of the molecule is COc1cccc(CC(=O)C2CCCC2CN)c1. The third-order valence-electron chi connectivity index (χ3n) is 3.89. The fourth-order valence-electron chi connectivity index (χ4n) is 2.86. The van der Waals surface area contributed by atoms with Gasteiger partial charge in [0.1, 0.15) is 11.5 Å². The van der Waals surface area contributed by atoms with E-state index in [4.69, 9.17) is 10.5 Å². The normalized spacial score (nSPS) is 23.0. The minimum absolute atomic E-state index is 0.168. The van der Waals surface area contributed by atoms with Gasteiger partial charge in [0.2, 0.25) is 0 Å². The van der Waals surface area contributed by atoms with Crippen LogP contribution in [0, 0.1) is 11.8 Å². The zero-order valence-electron chi connectivity index (χ0n) is 10.9. The van der Waals surface area contributed by atoms with Crippen LogP contribution in [0.4, 0.5) is 0 Å². The number of hydrogen-bond donors (Lipinski definition) is 1. The number of rotatable bonds is 5. The van der Waals surface area contributed by atoms with Crippen molar-refractivity contribution in [2.75, 3.05) is 13.7 Å². The van der Waals surface area contributed by atoms with E-state index in [2.05, 4.69) is 0 Å². The average molecular weight is 247 g/mol. The van der Waals surface area contributed by atoms with Crippen molar-refractivity contribution < 1.29 is 9.53 Å². The molecule has 1 fully saturated rings. The van der Waals surface area contributed by atoms with Crippen molar-refractivity contribution in [2.45, 2.75) is 25.7 Å². The summed E-state index contributed by atoms with van der Waals surface area (Å²) >= 11 is 0. The molecule has 3 nitrogen and oxygen atoms in total. The second kappa shape index (κ2) is 6.01. The van der Waals surface area contributed by atoms with Crippen LogP contribution in [0.1, 0.15) is 24.8 Å². The van der Waals surface area contributed by atoms with Gasteiger partial charge in [0, 0.05) is 12.3 Å². The third kappa shape index (κ3) is 2.91. The van der Waals surface area contributed by atoms with Gasteiger partial charge in [0.25, 0.3) is 0 Å². The summed E-state index contributed by atoms with van der Waals surface area (Å²) in [7, 11) is 1.64. The van der Waals surface area contributed by atoms with Crippen LogP contribution in [0.3, 0.4) is 0 Å². The molecule has 0 saturated heterocycles. The molecule has 98 valence electrons. The van der Waals surface area contributed by atoms with E-state index < -0.39 is 0 Å². The predicted molar refractivity (Wildman–Crippen MR) is 71.6 cm³/mol. The molecule has 0 spiro atoms. The molecule has 3 heteroatoms. The monoisotopic (exact) mass is 247 g/mol. The molecular formula is C15H21NO2. The van der Waals surface area contributed by atoms with Crippen molar-refractivity contribution in [1.29, 1.82) is 0 Å². The van der Waals surface area contributed by atoms with E-state index in [1.165, 1.54) is 0 Å². The Morgan fingerprint density at radius 3 is 3.00 bits per heavy atom. The smallest absolute Gasteiger partial charge is 0.140 e. The summed E-state index contributed by atoms with van der Waals surface area (Å²) in [6.45, 7) is 0.633. The van der Waals surface area contributed by atoms with Crippen molar-refractivity contribution in [2.24, 2.45) is 17.6 Å². The highest BCUT2D eigenvalue weighted by atomic mass is 16.5. The Hall–Kier alpha value is -1.35. The number of carbonyl (C=O) groups excluding carboxylic acids is 1. The van der Waals surface area contributed by atoms with Gasteiger partial charge in [0.15, 0.2) is 0 Å². The summed E-state index contributed by atoms with van der Waals surface area (Å²) in [5.41, 5.74) is 6.76. The molecule has 0 radical (unpaired) electrons. The van der Waals surface area contributed by atoms with Gasteiger partial charge in [0.05, 0.1) is 7.11 Å². The molecule has 1 aromatic carbocycles. The lowest BCUT2D eigenvalue weighted by Crippen LogP contribution is -2.26. The van der Waals surface area contributed by atoms with E-state index in [0.717, 1.165) is 30.6 Å². The number of hydrogen-bond acceptors (Lipinski definition) is 3. The van der Waals surface area contributed by atoms with Crippen molar-refractivity contribution >= 4 is 5.78 Å². The lowest BCUT2D eigenvalue weighted by Gasteiger charge is -2.16. The molecule has 1 saturated carbocycles. The maximum atomic E-state index is 12.3. The van der Waals surface area contributed by atoms with Crippen LogP contribution in [0.5, 0.6) is 5.75 Å². The molecule has 2 rings (SSSR count). The average Bonchev–Trinajstić information content (AvgIpc) is 2.87. The van der Waals surface area contributed by atoms with Gasteiger partial charge in [-0.2, -0.15) is 0 Å². The quantitative estimate of drug-likeness (QED) is 0.867. The Kier molecular flexibility index (Phi) is 4.37. The number of methoxy groups -OCH3 is 1. The van der Waals surface area contributed by atoms with E-state index >= 15 is 0 Å². The fourth-order valence-corrected chi connectivity index (χ4v) is 2.86. The summed E-state index contributed by atoms with van der Waals surface area (Å²) in [4.78, 5) is 12.3.